The second-order valence-corrected chi connectivity index (χ2v) is 6.24. The van der Waals surface area contributed by atoms with Crippen LogP contribution in [-0.2, 0) is 25.6 Å². The number of carbonyl (C=O) groups is 2. The fourth-order valence-electron chi connectivity index (χ4n) is 2.72. The second-order valence-electron chi connectivity index (χ2n) is 6.24. The quantitative estimate of drug-likeness (QED) is 0.299. The van der Waals surface area contributed by atoms with Crippen LogP contribution in [0.25, 0.3) is 0 Å². The number of methoxy groups -OCH3 is 1. The first-order valence-electron chi connectivity index (χ1n) is 9.39. The third-order valence-corrected chi connectivity index (χ3v) is 4.04. The lowest BCUT2D eigenvalue weighted by Crippen LogP contribution is -2.22. The van der Waals surface area contributed by atoms with Gasteiger partial charge in [0.15, 0.2) is 5.57 Å². The Morgan fingerprint density at radius 1 is 1.07 bits per heavy atom. The van der Waals surface area contributed by atoms with Crippen LogP contribution in [0.2, 0.25) is 0 Å². The number of aromatic nitrogens is 2. The monoisotopic (exact) mass is 401 g/mol. The highest BCUT2D eigenvalue weighted by Crippen LogP contribution is 2.19. The zero-order valence-corrected chi connectivity index (χ0v) is 17.4. The molecule has 2 aromatic rings. The maximum absolute atomic E-state index is 12.3. The summed E-state index contributed by atoms with van der Waals surface area (Å²) in [5, 5.41) is 7.60. The van der Waals surface area contributed by atoms with Gasteiger partial charge in [-0.1, -0.05) is 12.1 Å². The first-order chi connectivity index (χ1) is 13.9. The van der Waals surface area contributed by atoms with Gasteiger partial charge in [0.25, 0.3) is 0 Å². The summed E-state index contributed by atoms with van der Waals surface area (Å²) in [5.74, 6) is -0.0410. The first kappa shape index (κ1) is 22.0. The number of nitrogens with zero attached hydrogens (tertiary/aromatic N) is 2. The Morgan fingerprint density at radius 2 is 1.66 bits per heavy atom. The van der Waals surface area contributed by atoms with Gasteiger partial charge in [0.1, 0.15) is 11.6 Å². The van der Waals surface area contributed by atoms with E-state index in [1.54, 1.807) is 32.6 Å². The number of esters is 2. The Balaban J connectivity index is 2.31. The third kappa shape index (κ3) is 5.84. The highest BCUT2D eigenvalue weighted by Gasteiger charge is 2.25. The van der Waals surface area contributed by atoms with Crippen LogP contribution < -0.4 is 10.1 Å². The molecule has 0 saturated heterocycles. The molecule has 0 bridgehead atoms. The molecule has 2 rings (SSSR count). The summed E-state index contributed by atoms with van der Waals surface area (Å²) >= 11 is 0. The lowest BCUT2D eigenvalue weighted by Gasteiger charge is -2.14. The van der Waals surface area contributed by atoms with Gasteiger partial charge in [-0.2, -0.15) is 5.10 Å². The van der Waals surface area contributed by atoms with Crippen LogP contribution in [0.1, 0.15) is 32.0 Å². The molecular formula is C21H27N3O5. The number of anilines is 1. The van der Waals surface area contributed by atoms with Crippen LogP contribution in [0.4, 0.5) is 5.82 Å². The van der Waals surface area contributed by atoms with Crippen LogP contribution in [0, 0.1) is 6.92 Å². The van der Waals surface area contributed by atoms with Gasteiger partial charge in [-0.25, -0.2) is 14.3 Å². The van der Waals surface area contributed by atoms with Crippen LogP contribution >= 0.6 is 0 Å². The maximum Gasteiger partial charge on any atom is 0.347 e. The molecule has 0 aliphatic heterocycles. The van der Waals surface area contributed by atoms with E-state index in [2.05, 4.69) is 10.4 Å². The molecule has 0 aliphatic rings. The molecule has 0 amide bonds. The summed E-state index contributed by atoms with van der Waals surface area (Å²) in [6.45, 7) is 7.66. The average molecular weight is 401 g/mol. The molecule has 0 fully saturated rings. The molecule has 156 valence electrons. The summed E-state index contributed by atoms with van der Waals surface area (Å²) in [6.07, 6.45) is 0. The van der Waals surface area contributed by atoms with Crippen molar-refractivity contribution in [2.24, 2.45) is 0 Å². The summed E-state index contributed by atoms with van der Waals surface area (Å²) in [7, 11) is 1.62. The minimum Gasteiger partial charge on any atom is -0.497 e. The van der Waals surface area contributed by atoms with E-state index in [1.807, 2.05) is 37.3 Å². The smallest absolute Gasteiger partial charge is 0.347 e. The van der Waals surface area contributed by atoms with Gasteiger partial charge in [-0.05, 0) is 45.4 Å². The Kier molecular flexibility index (Phi) is 7.82. The van der Waals surface area contributed by atoms with E-state index in [4.69, 9.17) is 14.2 Å². The van der Waals surface area contributed by atoms with Crippen LogP contribution in [0.5, 0.6) is 5.75 Å². The van der Waals surface area contributed by atoms with E-state index < -0.39 is 11.9 Å². The molecule has 0 radical (unpaired) electrons. The SMILES string of the molecule is CCOC(=O)C(C(=O)OCC)=C(C)Nc1cc(C)nn1Cc1ccc(OC)cc1. The molecule has 0 saturated carbocycles. The summed E-state index contributed by atoms with van der Waals surface area (Å²) in [4.78, 5) is 24.6. The number of aryl methyl sites for hydroxylation is 1. The van der Waals surface area contributed by atoms with E-state index in [1.165, 1.54) is 0 Å². The normalized spacial score (nSPS) is 10.2. The molecule has 0 atom stereocenters. The van der Waals surface area contributed by atoms with Gasteiger partial charge in [0, 0.05) is 11.8 Å². The van der Waals surface area contributed by atoms with Crippen LogP contribution in [-0.4, -0.2) is 42.0 Å². The van der Waals surface area contributed by atoms with Crippen molar-refractivity contribution in [3.05, 3.63) is 52.9 Å². The van der Waals surface area contributed by atoms with Crippen molar-refractivity contribution in [1.29, 1.82) is 0 Å². The number of benzene rings is 1. The predicted octanol–water partition coefficient (Wildman–Crippen LogP) is 3.06. The fraction of sp³-hybridized carbons (Fsp3) is 0.381. The largest absolute Gasteiger partial charge is 0.497 e. The molecule has 1 aromatic carbocycles. The summed E-state index contributed by atoms with van der Waals surface area (Å²) < 4.78 is 17.0. The van der Waals surface area contributed by atoms with E-state index >= 15 is 0 Å². The lowest BCUT2D eigenvalue weighted by molar-refractivity contribution is -0.146. The van der Waals surface area contributed by atoms with Crippen molar-refractivity contribution in [1.82, 2.24) is 9.78 Å². The minimum atomic E-state index is -0.728. The van der Waals surface area contributed by atoms with E-state index in [9.17, 15) is 9.59 Å². The van der Waals surface area contributed by atoms with E-state index in [0.717, 1.165) is 17.0 Å². The Morgan fingerprint density at radius 3 is 2.17 bits per heavy atom. The first-order valence-corrected chi connectivity index (χ1v) is 9.39. The summed E-state index contributed by atoms with van der Waals surface area (Å²) in [5.41, 5.74) is 1.98. The van der Waals surface area contributed by atoms with Crippen molar-refractivity contribution < 1.29 is 23.8 Å². The molecular weight excluding hydrogens is 374 g/mol. The fourth-order valence-corrected chi connectivity index (χ4v) is 2.72. The predicted molar refractivity (Wildman–Crippen MR) is 109 cm³/mol. The average Bonchev–Trinajstić information content (AvgIpc) is 3.01. The van der Waals surface area contributed by atoms with Gasteiger partial charge in [0.05, 0.1) is 32.6 Å². The molecule has 0 spiro atoms. The molecule has 1 N–H and O–H groups in total. The maximum atomic E-state index is 12.3. The van der Waals surface area contributed by atoms with Gasteiger partial charge < -0.3 is 19.5 Å². The Bertz CT molecular complexity index is 864. The van der Waals surface area contributed by atoms with Crippen molar-refractivity contribution >= 4 is 17.8 Å². The number of nitrogens with one attached hydrogen (secondary N) is 1. The molecule has 0 unspecified atom stereocenters. The van der Waals surface area contributed by atoms with E-state index in [0.29, 0.717) is 18.1 Å². The highest BCUT2D eigenvalue weighted by molar-refractivity contribution is 6.15. The van der Waals surface area contributed by atoms with E-state index in [-0.39, 0.29) is 18.8 Å². The standard InChI is InChI=1S/C21H27N3O5/c1-6-28-20(25)19(21(26)29-7-2)15(4)22-18-12-14(3)23-24(18)13-16-8-10-17(27-5)11-9-16/h8-12,22H,6-7,13H2,1-5H3. The third-order valence-electron chi connectivity index (χ3n) is 4.04. The molecule has 0 aliphatic carbocycles. The zero-order chi connectivity index (χ0) is 21.4. The van der Waals surface area contributed by atoms with Crippen LogP contribution in [0.15, 0.2) is 41.6 Å². The topological polar surface area (TPSA) is 91.7 Å². The number of rotatable bonds is 9. The minimum absolute atomic E-state index is 0.156. The molecule has 8 heteroatoms. The zero-order valence-electron chi connectivity index (χ0n) is 17.4. The highest BCUT2D eigenvalue weighted by atomic mass is 16.6. The lowest BCUT2D eigenvalue weighted by atomic mass is 10.2. The number of hydrogen-bond donors (Lipinski definition) is 1. The van der Waals surface area contributed by atoms with Gasteiger partial charge in [0.2, 0.25) is 0 Å². The molecule has 29 heavy (non-hydrogen) atoms. The molecule has 1 aromatic heterocycles. The summed E-state index contributed by atoms with van der Waals surface area (Å²) in [6, 6.07) is 9.49. The Labute approximate surface area is 170 Å². The van der Waals surface area contributed by atoms with Crippen molar-refractivity contribution in [3.63, 3.8) is 0 Å². The second kappa shape index (κ2) is 10.3. The van der Waals surface area contributed by atoms with Crippen molar-refractivity contribution in [2.75, 3.05) is 25.6 Å². The van der Waals surface area contributed by atoms with Crippen LogP contribution in [0.3, 0.4) is 0 Å². The number of carbonyl (C=O) groups excluding carboxylic acids is 2. The van der Waals surface area contributed by atoms with Gasteiger partial charge in [-0.3, -0.25) is 0 Å². The van der Waals surface area contributed by atoms with Gasteiger partial charge in [-0.15, -0.1) is 0 Å². The van der Waals surface area contributed by atoms with Crippen molar-refractivity contribution in [2.45, 2.75) is 34.2 Å². The number of ether oxygens (including phenoxy) is 3. The molecule has 1 heterocycles. The van der Waals surface area contributed by atoms with Crippen molar-refractivity contribution in [3.8, 4) is 5.75 Å². The molecule has 8 nitrogen and oxygen atoms in total. The Hall–Kier alpha value is -3.29. The number of allylic oxidation sites excluding steroid dienone is 1. The number of hydrogen-bond acceptors (Lipinski definition) is 7. The van der Waals surface area contributed by atoms with Gasteiger partial charge >= 0.3 is 11.9 Å².